The molecule has 2 N–H and O–H groups in total. The molecule has 2 atom stereocenters. The second kappa shape index (κ2) is 12.2. The summed E-state index contributed by atoms with van der Waals surface area (Å²) in [5, 5.41) is 13.7. The standard InChI is InChI=1S/C24H34N2O4/c1-6-7-18-8-13-23(24(14-18)29-5)30-17-20(27)15-25-16-22(26(2)3)19-9-11-21(28-4)12-10-19/h6-14,20,22,25,27H,15-17H2,1-5H3/b7-6+. The predicted octanol–water partition coefficient (Wildman–Crippen LogP) is 3.37. The molecule has 0 amide bonds. The minimum Gasteiger partial charge on any atom is -0.497 e. The molecule has 6 heteroatoms. The van der Waals surface area contributed by atoms with E-state index in [1.165, 1.54) is 5.56 Å². The first-order valence-electron chi connectivity index (χ1n) is 10.1. The van der Waals surface area contributed by atoms with Gasteiger partial charge in [0.2, 0.25) is 0 Å². The van der Waals surface area contributed by atoms with E-state index in [1.807, 2.05) is 63.5 Å². The van der Waals surface area contributed by atoms with Crippen LogP contribution in [-0.2, 0) is 0 Å². The maximum Gasteiger partial charge on any atom is 0.161 e. The van der Waals surface area contributed by atoms with E-state index in [2.05, 4.69) is 22.3 Å². The van der Waals surface area contributed by atoms with Crippen LogP contribution in [0.25, 0.3) is 6.08 Å². The highest BCUT2D eigenvalue weighted by Gasteiger charge is 2.15. The van der Waals surface area contributed by atoms with Crippen molar-refractivity contribution in [3.05, 3.63) is 59.7 Å². The summed E-state index contributed by atoms with van der Waals surface area (Å²) in [5.41, 5.74) is 2.22. The molecule has 0 aromatic heterocycles. The molecule has 2 rings (SSSR count). The van der Waals surface area contributed by atoms with Crippen LogP contribution in [0.2, 0.25) is 0 Å². The van der Waals surface area contributed by atoms with Crippen molar-refractivity contribution in [3.8, 4) is 17.2 Å². The lowest BCUT2D eigenvalue weighted by Crippen LogP contribution is -2.37. The Labute approximate surface area is 180 Å². The molecule has 0 spiro atoms. The number of nitrogens with zero attached hydrogens (tertiary/aromatic N) is 1. The number of likely N-dealkylation sites (N-methyl/N-ethyl adjacent to an activating group) is 1. The average Bonchev–Trinajstić information content (AvgIpc) is 2.75. The van der Waals surface area contributed by atoms with Crippen molar-refractivity contribution in [1.29, 1.82) is 0 Å². The average molecular weight is 415 g/mol. The van der Waals surface area contributed by atoms with E-state index in [9.17, 15) is 5.11 Å². The van der Waals surface area contributed by atoms with Gasteiger partial charge in [0, 0.05) is 19.1 Å². The Morgan fingerprint density at radius 2 is 1.73 bits per heavy atom. The van der Waals surface area contributed by atoms with Crippen LogP contribution in [0.3, 0.4) is 0 Å². The van der Waals surface area contributed by atoms with E-state index in [-0.39, 0.29) is 12.6 Å². The van der Waals surface area contributed by atoms with E-state index < -0.39 is 6.10 Å². The topological polar surface area (TPSA) is 63.2 Å². The molecule has 0 radical (unpaired) electrons. The number of benzene rings is 2. The van der Waals surface area contributed by atoms with Gasteiger partial charge < -0.3 is 29.5 Å². The largest absolute Gasteiger partial charge is 0.497 e. The zero-order valence-electron chi connectivity index (χ0n) is 18.6. The Morgan fingerprint density at radius 1 is 1.00 bits per heavy atom. The maximum atomic E-state index is 10.3. The Balaban J connectivity index is 1.85. The Bertz CT molecular complexity index is 790. The van der Waals surface area contributed by atoms with Gasteiger partial charge in [-0.05, 0) is 56.4 Å². The van der Waals surface area contributed by atoms with Crippen LogP contribution >= 0.6 is 0 Å². The first kappa shape index (κ1) is 23.7. The van der Waals surface area contributed by atoms with Crippen molar-refractivity contribution in [2.45, 2.75) is 19.1 Å². The molecular formula is C24H34N2O4. The van der Waals surface area contributed by atoms with Crippen molar-refractivity contribution in [3.63, 3.8) is 0 Å². The molecule has 2 aromatic rings. The molecule has 30 heavy (non-hydrogen) atoms. The van der Waals surface area contributed by atoms with Crippen LogP contribution in [0.15, 0.2) is 48.5 Å². The normalized spacial score (nSPS) is 13.4. The smallest absolute Gasteiger partial charge is 0.161 e. The van der Waals surface area contributed by atoms with Crippen molar-refractivity contribution in [1.82, 2.24) is 10.2 Å². The third kappa shape index (κ3) is 7.06. The molecule has 6 nitrogen and oxygen atoms in total. The number of aliphatic hydroxyl groups excluding tert-OH is 1. The van der Waals surface area contributed by atoms with E-state index >= 15 is 0 Å². The fourth-order valence-electron chi connectivity index (χ4n) is 3.16. The third-order valence-corrected chi connectivity index (χ3v) is 4.82. The Hall–Kier alpha value is -2.54. The highest BCUT2D eigenvalue weighted by molar-refractivity contribution is 5.55. The Kier molecular flexibility index (Phi) is 9.67. The van der Waals surface area contributed by atoms with Gasteiger partial charge in [-0.25, -0.2) is 0 Å². The lowest BCUT2D eigenvalue weighted by atomic mass is 10.1. The second-order valence-electron chi connectivity index (χ2n) is 7.29. The van der Waals surface area contributed by atoms with Gasteiger partial charge in [-0.1, -0.05) is 30.4 Å². The molecule has 0 aliphatic carbocycles. The molecule has 2 unspecified atom stereocenters. The van der Waals surface area contributed by atoms with Gasteiger partial charge in [-0.3, -0.25) is 0 Å². The van der Waals surface area contributed by atoms with Gasteiger partial charge in [-0.15, -0.1) is 0 Å². The lowest BCUT2D eigenvalue weighted by Gasteiger charge is -2.26. The van der Waals surface area contributed by atoms with Crippen LogP contribution in [0.5, 0.6) is 17.2 Å². The summed E-state index contributed by atoms with van der Waals surface area (Å²) in [4.78, 5) is 2.15. The molecule has 0 saturated heterocycles. The van der Waals surface area contributed by atoms with E-state index in [0.717, 1.165) is 11.3 Å². The third-order valence-electron chi connectivity index (χ3n) is 4.82. The zero-order chi connectivity index (χ0) is 21.9. The number of allylic oxidation sites excluding steroid dienone is 1. The number of aliphatic hydroxyl groups is 1. The SMILES string of the molecule is C/C=C/c1ccc(OCC(O)CNCC(c2ccc(OC)cc2)N(C)C)c(OC)c1. The van der Waals surface area contributed by atoms with Gasteiger partial charge in [0.1, 0.15) is 18.5 Å². The van der Waals surface area contributed by atoms with Crippen LogP contribution in [0.4, 0.5) is 0 Å². The van der Waals surface area contributed by atoms with Gasteiger partial charge in [0.05, 0.1) is 14.2 Å². The van der Waals surface area contributed by atoms with Crippen molar-refractivity contribution in [2.24, 2.45) is 0 Å². The quantitative estimate of drug-likeness (QED) is 0.555. The summed E-state index contributed by atoms with van der Waals surface area (Å²) in [5.74, 6) is 2.11. The van der Waals surface area contributed by atoms with Crippen LogP contribution in [-0.4, -0.2) is 64.1 Å². The van der Waals surface area contributed by atoms with Gasteiger partial charge >= 0.3 is 0 Å². The minimum absolute atomic E-state index is 0.182. The molecule has 0 bridgehead atoms. The summed E-state index contributed by atoms with van der Waals surface area (Å²) in [6.07, 6.45) is 3.33. The highest BCUT2D eigenvalue weighted by atomic mass is 16.5. The molecule has 0 saturated carbocycles. The second-order valence-corrected chi connectivity index (χ2v) is 7.29. The van der Waals surface area contributed by atoms with Crippen LogP contribution < -0.4 is 19.5 Å². The summed E-state index contributed by atoms with van der Waals surface area (Å²) >= 11 is 0. The summed E-state index contributed by atoms with van der Waals surface area (Å²) in [6, 6.07) is 14.0. The fraction of sp³-hybridized carbons (Fsp3) is 0.417. The Morgan fingerprint density at radius 3 is 2.33 bits per heavy atom. The summed E-state index contributed by atoms with van der Waals surface area (Å²) < 4.78 is 16.4. The number of nitrogens with one attached hydrogen (secondary N) is 1. The van der Waals surface area contributed by atoms with Gasteiger partial charge in [0.15, 0.2) is 11.5 Å². The minimum atomic E-state index is -0.636. The van der Waals surface area contributed by atoms with Crippen LogP contribution in [0.1, 0.15) is 24.1 Å². The zero-order valence-corrected chi connectivity index (χ0v) is 18.6. The number of hydrogen-bond acceptors (Lipinski definition) is 6. The monoisotopic (exact) mass is 414 g/mol. The fourth-order valence-corrected chi connectivity index (χ4v) is 3.16. The molecule has 0 aliphatic heterocycles. The first-order valence-corrected chi connectivity index (χ1v) is 10.1. The number of methoxy groups -OCH3 is 2. The van der Waals surface area contributed by atoms with Crippen molar-refractivity contribution < 1.29 is 19.3 Å². The van der Waals surface area contributed by atoms with Crippen LogP contribution in [0, 0.1) is 0 Å². The first-order chi connectivity index (χ1) is 14.5. The van der Waals surface area contributed by atoms with Crippen molar-refractivity contribution >= 4 is 6.08 Å². The van der Waals surface area contributed by atoms with Gasteiger partial charge in [0.25, 0.3) is 0 Å². The molecule has 164 valence electrons. The molecule has 0 aliphatic rings. The maximum absolute atomic E-state index is 10.3. The molecule has 0 fully saturated rings. The lowest BCUT2D eigenvalue weighted by molar-refractivity contribution is 0.103. The summed E-state index contributed by atoms with van der Waals surface area (Å²) in [6.45, 7) is 3.29. The summed E-state index contributed by atoms with van der Waals surface area (Å²) in [7, 11) is 7.36. The predicted molar refractivity (Wildman–Crippen MR) is 121 cm³/mol. The number of rotatable bonds is 12. The molecule has 2 aromatic carbocycles. The number of ether oxygens (including phenoxy) is 3. The van der Waals surface area contributed by atoms with E-state index in [4.69, 9.17) is 14.2 Å². The van der Waals surface area contributed by atoms with E-state index in [1.54, 1.807) is 14.2 Å². The highest BCUT2D eigenvalue weighted by Crippen LogP contribution is 2.28. The van der Waals surface area contributed by atoms with Gasteiger partial charge in [-0.2, -0.15) is 0 Å². The van der Waals surface area contributed by atoms with Crippen molar-refractivity contribution in [2.75, 3.05) is 48.0 Å². The number of hydrogen-bond donors (Lipinski definition) is 2. The van der Waals surface area contributed by atoms with E-state index in [0.29, 0.717) is 24.6 Å². The molecular weight excluding hydrogens is 380 g/mol. The molecule has 0 heterocycles.